The summed E-state index contributed by atoms with van der Waals surface area (Å²) in [4.78, 5) is 29.1. The maximum atomic E-state index is 11.0. The number of H-pyrrole nitrogens is 1. The third-order valence-electron chi connectivity index (χ3n) is 3.66. The second kappa shape index (κ2) is 5.44. The zero-order valence-corrected chi connectivity index (χ0v) is 11.5. The number of aromatic amines is 1. The van der Waals surface area contributed by atoms with Gasteiger partial charge in [0.25, 0.3) is 0 Å². The zero-order chi connectivity index (χ0) is 13.9. The molecule has 2 aromatic heterocycles. The Balaban J connectivity index is 1.76. The number of nitrogens with one attached hydrogen (secondary N) is 2. The van der Waals surface area contributed by atoms with E-state index in [0.717, 1.165) is 43.8 Å². The van der Waals surface area contributed by atoms with Gasteiger partial charge in [0.2, 0.25) is 5.91 Å². The lowest BCUT2D eigenvalue weighted by molar-refractivity contribution is -0.119. The number of rotatable bonds is 3. The molecule has 106 valence electrons. The van der Waals surface area contributed by atoms with Gasteiger partial charge < -0.3 is 15.2 Å². The van der Waals surface area contributed by atoms with E-state index in [1.54, 1.807) is 19.6 Å². The molecule has 0 aromatic carbocycles. The highest BCUT2D eigenvalue weighted by Gasteiger charge is 2.23. The molecule has 1 fully saturated rings. The number of anilines is 1. The summed E-state index contributed by atoms with van der Waals surface area (Å²) in [5.41, 5.74) is 1.58. The maximum Gasteiger partial charge on any atom is 0.216 e. The lowest BCUT2D eigenvalue weighted by atomic mass is 9.98. The van der Waals surface area contributed by atoms with Gasteiger partial charge in [-0.2, -0.15) is 0 Å². The van der Waals surface area contributed by atoms with Gasteiger partial charge in [0.15, 0.2) is 11.5 Å². The molecular weight excluding hydrogens is 256 g/mol. The Morgan fingerprint density at radius 1 is 1.50 bits per heavy atom. The molecule has 3 heterocycles. The lowest BCUT2D eigenvalue weighted by Gasteiger charge is -2.33. The third kappa shape index (κ3) is 2.56. The Labute approximate surface area is 116 Å². The van der Waals surface area contributed by atoms with E-state index in [-0.39, 0.29) is 5.91 Å². The molecule has 0 aliphatic carbocycles. The van der Waals surface area contributed by atoms with Crippen LogP contribution >= 0.6 is 0 Å². The molecule has 1 aliphatic rings. The number of imidazole rings is 1. The number of piperidine rings is 1. The summed E-state index contributed by atoms with van der Waals surface area (Å²) in [6, 6.07) is 0. The van der Waals surface area contributed by atoms with Crippen molar-refractivity contribution in [2.24, 2.45) is 5.92 Å². The van der Waals surface area contributed by atoms with Crippen LogP contribution in [0.5, 0.6) is 0 Å². The van der Waals surface area contributed by atoms with Crippen molar-refractivity contribution in [2.75, 3.05) is 24.5 Å². The van der Waals surface area contributed by atoms with Crippen LogP contribution in [0.4, 0.5) is 5.82 Å². The molecular formula is C13H18N6O. The summed E-state index contributed by atoms with van der Waals surface area (Å²) in [6.45, 7) is 4.15. The largest absolute Gasteiger partial charge is 0.356 e. The number of aromatic nitrogens is 4. The Morgan fingerprint density at radius 2 is 2.40 bits per heavy atom. The monoisotopic (exact) mass is 274 g/mol. The van der Waals surface area contributed by atoms with Crippen molar-refractivity contribution in [1.29, 1.82) is 0 Å². The standard InChI is InChI=1S/C13H18N6O/c1-9(20)14-5-10-3-2-4-19(6-10)13-11-12(16-7-15-11)17-8-18-13/h7-8,10H,2-6H2,1H3,(H,14,20)(H,15,16,17,18)/t10-/m1/s1. The second-order valence-electron chi connectivity index (χ2n) is 5.19. The van der Waals surface area contributed by atoms with E-state index in [2.05, 4.69) is 30.2 Å². The molecule has 3 rings (SSSR count). The molecule has 1 amide bonds. The molecule has 0 saturated carbocycles. The van der Waals surface area contributed by atoms with Gasteiger partial charge in [0, 0.05) is 26.6 Å². The van der Waals surface area contributed by atoms with E-state index in [1.807, 2.05) is 0 Å². The van der Waals surface area contributed by atoms with Crippen LogP contribution in [0.1, 0.15) is 19.8 Å². The molecule has 1 aliphatic heterocycles. The number of carbonyl (C=O) groups is 1. The minimum atomic E-state index is 0.0279. The normalized spacial score (nSPS) is 19.2. The van der Waals surface area contributed by atoms with Crippen molar-refractivity contribution < 1.29 is 4.79 Å². The molecule has 2 aromatic rings. The molecule has 0 radical (unpaired) electrons. The van der Waals surface area contributed by atoms with Crippen LogP contribution in [0.25, 0.3) is 11.2 Å². The number of amides is 1. The number of nitrogens with zero attached hydrogens (tertiary/aromatic N) is 4. The summed E-state index contributed by atoms with van der Waals surface area (Å²) in [7, 11) is 0. The van der Waals surface area contributed by atoms with Crippen molar-refractivity contribution in [2.45, 2.75) is 19.8 Å². The average Bonchev–Trinajstić information content (AvgIpc) is 2.93. The summed E-state index contributed by atoms with van der Waals surface area (Å²) >= 11 is 0. The molecule has 0 spiro atoms. The van der Waals surface area contributed by atoms with E-state index in [1.165, 1.54) is 0 Å². The fourth-order valence-corrected chi connectivity index (χ4v) is 2.70. The molecule has 20 heavy (non-hydrogen) atoms. The second-order valence-corrected chi connectivity index (χ2v) is 5.19. The first-order valence-corrected chi connectivity index (χ1v) is 6.87. The van der Waals surface area contributed by atoms with Crippen LogP contribution < -0.4 is 10.2 Å². The van der Waals surface area contributed by atoms with Gasteiger partial charge in [0.05, 0.1) is 6.33 Å². The van der Waals surface area contributed by atoms with Gasteiger partial charge in [-0.15, -0.1) is 0 Å². The average molecular weight is 274 g/mol. The lowest BCUT2D eigenvalue weighted by Crippen LogP contribution is -2.41. The summed E-state index contributed by atoms with van der Waals surface area (Å²) in [5.74, 6) is 1.39. The first kappa shape index (κ1) is 12.8. The molecule has 2 N–H and O–H groups in total. The first-order chi connectivity index (χ1) is 9.74. The van der Waals surface area contributed by atoms with Crippen LogP contribution in [0, 0.1) is 5.92 Å². The van der Waals surface area contributed by atoms with Gasteiger partial charge in [0.1, 0.15) is 11.8 Å². The number of carbonyl (C=O) groups excluding carboxylic acids is 1. The van der Waals surface area contributed by atoms with Crippen molar-refractivity contribution in [1.82, 2.24) is 25.3 Å². The predicted octanol–water partition coefficient (Wildman–Crippen LogP) is 0.705. The Hall–Kier alpha value is -2.18. The topological polar surface area (TPSA) is 86.8 Å². The summed E-state index contributed by atoms with van der Waals surface area (Å²) in [5, 5.41) is 2.90. The van der Waals surface area contributed by atoms with Crippen LogP contribution in [-0.2, 0) is 4.79 Å². The third-order valence-corrected chi connectivity index (χ3v) is 3.66. The Morgan fingerprint density at radius 3 is 3.25 bits per heavy atom. The van der Waals surface area contributed by atoms with Crippen LogP contribution in [-0.4, -0.2) is 45.5 Å². The highest BCUT2D eigenvalue weighted by molar-refractivity contribution is 5.82. The van der Waals surface area contributed by atoms with Gasteiger partial charge in [-0.3, -0.25) is 4.79 Å². The quantitative estimate of drug-likeness (QED) is 0.860. The molecule has 7 nitrogen and oxygen atoms in total. The van der Waals surface area contributed by atoms with E-state index < -0.39 is 0 Å². The van der Waals surface area contributed by atoms with Gasteiger partial charge in [-0.1, -0.05) is 0 Å². The highest BCUT2D eigenvalue weighted by atomic mass is 16.1. The Bertz CT molecular complexity index is 610. The van der Waals surface area contributed by atoms with Crippen molar-refractivity contribution >= 4 is 22.9 Å². The highest BCUT2D eigenvalue weighted by Crippen LogP contribution is 2.25. The maximum absolute atomic E-state index is 11.0. The van der Waals surface area contributed by atoms with Crippen LogP contribution in [0.2, 0.25) is 0 Å². The van der Waals surface area contributed by atoms with Gasteiger partial charge >= 0.3 is 0 Å². The SMILES string of the molecule is CC(=O)NC[C@H]1CCCN(c2ncnc3nc[nH]c23)C1. The smallest absolute Gasteiger partial charge is 0.216 e. The minimum Gasteiger partial charge on any atom is -0.356 e. The zero-order valence-electron chi connectivity index (χ0n) is 11.5. The van der Waals surface area contributed by atoms with Crippen molar-refractivity contribution in [3.63, 3.8) is 0 Å². The number of hydrogen-bond acceptors (Lipinski definition) is 5. The van der Waals surface area contributed by atoms with Crippen molar-refractivity contribution in [3.05, 3.63) is 12.7 Å². The van der Waals surface area contributed by atoms with E-state index >= 15 is 0 Å². The molecule has 0 unspecified atom stereocenters. The predicted molar refractivity (Wildman–Crippen MR) is 75.3 cm³/mol. The Kier molecular flexibility index (Phi) is 3.49. The minimum absolute atomic E-state index is 0.0279. The molecule has 7 heteroatoms. The van der Waals surface area contributed by atoms with Gasteiger partial charge in [-0.05, 0) is 18.8 Å². The van der Waals surface area contributed by atoms with Crippen molar-refractivity contribution in [3.8, 4) is 0 Å². The fraction of sp³-hybridized carbons (Fsp3) is 0.538. The van der Waals surface area contributed by atoms with E-state index in [9.17, 15) is 4.79 Å². The van der Waals surface area contributed by atoms with Crippen LogP contribution in [0.3, 0.4) is 0 Å². The van der Waals surface area contributed by atoms with Crippen LogP contribution in [0.15, 0.2) is 12.7 Å². The summed E-state index contributed by atoms with van der Waals surface area (Å²) in [6.07, 6.45) is 5.43. The number of hydrogen-bond donors (Lipinski definition) is 2. The molecule has 1 atom stereocenters. The molecule has 1 saturated heterocycles. The first-order valence-electron chi connectivity index (χ1n) is 6.87. The summed E-state index contributed by atoms with van der Waals surface area (Å²) < 4.78 is 0. The van der Waals surface area contributed by atoms with E-state index in [4.69, 9.17) is 0 Å². The number of fused-ring (bicyclic) bond motifs is 1. The molecule has 0 bridgehead atoms. The fourth-order valence-electron chi connectivity index (χ4n) is 2.70. The van der Waals surface area contributed by atoms with E-state index in [0.29, 0.717) is 11.6 Å². The van der Waals surface area contributed by atoms with Gasteiger partial charge in [-0.25, -0.2) is 15.0 Å².